The van der Waals surface area contributed by atoms with Gasteiger partial charge in [-0.05, 0) is 24.3 Å². The maximum Gasteiger partial charge on any atom is 0.222 e. The zero-order chi connectivity index (χ0) is 9.68. The van der Waals surface area contributed by atoms with E-state index >= 15 is 0 Å². The highest BCUT2D eigenvalue weighted by Gasteiger charge is 2.03. The number of nitrogens with one attached hydrogen (secondary N) is 1. The van der Waals surface area contributed by atoms with E-state index in [2.05, 4.69) is 20.8 Å². The summed E-state index contributed by atoms with van der Waals surface area (Å²) in [6.45, 7) is 4.37. The van der Waals surface area contributed by atoms with Crippen LogP contribution in [0, 0.1) is 0 Å². The number of carbonyl (C=O) groups excluding carboxylic acids is 1. The summed E-state index contributed by atoms with van der Waals surface area (Å²) in [5, 5.41) is 13.4. The molecular weight excluding hydrogens is 170 g/mol. The molecule has 0 saturated carbocycles. The Balaban J connectivity index is 2.23. The van der Waals surface area contributed by atoms with Crippen molar-refractivity contribution in [2.75, 3.05) is 0 Å². The molecule has 0 spiro atoms. The molecule has 72 valence electrons. The van der Waals surface area contributed by atoms with Crippen molar-refractivity contribution in [3.63, 3.8) is 0 Å². The van der Waals surface area contributed by atoms with Gasteiger partial charge in [-0.1, -0.05) is 0 Å². The van der Waals surface area contributed by atoms with Crippen molar-refractivity contribution in [2.45, 2.75) is 32.9 Å². The second kappa shape index (κ2) is 4.54. The van der Waals surface area contributed by atoms with Crippen LogP contribution in [0.2, 0.25) is 0 Å². The van der Waals surface area contributed by atoms with Crippen LogP contribution in [-0.2, 0) is 11.3 Å². The van der Waals surface area contributed by atoms with E-state index < -0.39 is 0 Å². The van der Waals surface area contributed by atoms with E-state index in [1.807, 2.05) is 13.8 Å². The summed E-state index contributed by atoms with van der Waals surface area (Å²) in [4.78, 5) is 11.2. The summed E-state index contributed by atoms with van der Waals surface area (Å²) in [7, 11) is 0. The first kappa shape index (κ1) is 9.63. The highest BCUT2D eigenvalue weighted by atomic mass is 16.1. The van der Waals surface area contributed by atoms with E-state index in [1.165, 1.54) is 11.0 Å². The predicted molar refractivity (Wildman–Crippen MR) is 45.7 cm³/mol. The van der Waals surface area contributed by atoms with Gasteiger partial charge in [0.2, 0.25) is 5.91 Å². The van der Waals surface area contributed by atoms with Crippen LogP contribution in [0.25, 0.3) is 0 Å². The summed E-state index contributed by atoms with van der Waals surface area (Å²) in [5.41, 5.74) is 0. The molecule has 0 saturated heterocycles. The number of hydrogen-bond donors (Lipinski definition) is 1. The van der Waals surface area contributed by atoms with Crippen molar-refractivity contribution in [1.29, 1.82) is 0 Å². The Hall–Kier alpha value is -1.46. The van der Waals surface area contributed by atoms with Crippen LogP contribution in [0.1, 0.15) is 20.3 Å². The second-order valence-electron chi connectivity index (χ2n) is 3.05. The Kier molecular flexibility index (Phi) is 3.36. The number of aromatic nitrogens is 4. The first-order valence-electron chi connectivity index (χ1n) is 4.18. The number of aryl methyl sites for hydroxylation is 1. The average molecular weight is 183 g/mol. The Morgan fingerprint density at radius 1 is 1.62 bits per heavy atom. The number of rotatable bonds is 4. The average Bonchev–Trinajstić information content (AvgIpc) is 2.51. The fourth-order valence-electron chi connectivity index (χ4n) is 0.893. The molecule has 0 fully saturated rings. The Bertz CT molecular complexity index is 256. The lowest BCUT2D eigenvalue weighted by atomic mass is 10.3. The van der Waals surface area contributed by atoms with E-state index in [0.717, 1.165) is 0 Å². The van der Waals surface area contributed by atoms with Crippen molar-refractivity contribution < 1.29 is 4.79 Å². The fraction of sp³-hybridized carbons (Fsp3) is 0.714. The van der Waals surface area contributed by atoms with Crippen molar-refractivity contribution >= 4 is 5.91 Å². The third-order valence-electron chi connectivity index (χ3n) is 1.41. The van der Waals surface area contributed by atoms with Gasteiger partial charge in [0.1, 0.15) is 6.33 Å². The molecule has 1 aromatic heterocycles. The Labute approximate surface area is 76.3 Å². The number of carbonyl (C=O) groups is 1. The molecule has 0 aliphatic rings. The number of hydrogen-bond acceptors (Lipinski definition) is 4. The topological polar surface area (TPSA) is 72.7 Å². The van der Waals surface area contributed by atoms with Crippen molar-refractivity contribution in [3.05, 3.63) is 6.33 Å². The first-order valence-corrected chi connectivity index (χ1v) is 4.18. The molecule has 0 aromatic carbocycles. The van der Waals surface area contributed by atoms with Gasteiger partial charge >= 0.3 is 0 Å². The number of tetrazole rings is 1. The molecule has 6 heteroatoms. The highest BCUT2D eigenvalue weighted by Crippen LogP contribution is 1.87. The van der Waals surface area contributed by atoms with Crippen molar-refractivity contribution in [2.24, 2.45) is 0 Å². The largest absolute Gasteiger partial charge is 0.354 e. The van der Waals surface area contributed by atoms with Gasteiger partial charge < -0.3 is 5.32 Å². The van der Waals surface area contributed by atoms with Crippen LogP contribution in [0.15, 0.2) is 6.33 Å². The fourth-order valence-corrected chi connectivity index (χ4v) is 0.893. The summed E-state index contributed by atoms with van der Waals surface area (Å²) in [6, 6.07) is 0.182. The maximum absolute atomic E-state index is 11.2. The molecule has 0 unspecified atom stereocenters. The quantitative estimate of drug-likeness (QED) is 0.688. The van der Waals surface area contributed by atoms with Gasteiger partial charge in [0, 0.05) is 12.5 Å². The molecule has 0 radical (unpaired) electrons. The van der Waals surface area contributed by atoms with E-state index in [1.54, 1.807) is 0 Å². The van der Waals surface area contributed by atoms with Gasteiger partial charge in [-0.3, -0.25) is 4.79 Å². The zero-order valence-corrected chi connectivity index (χ0v) is 7.77. The van der Waals surface area contributed by atoms with Crippen LogP contribution in [0.3, 0.4) is 0 Å². The molecule has 1 aromatic rings. The van der Waals surface area contributed by atoms with Crippen molar-refractivity contribution in [1.82, 2.24) is 25.5 Å². The van der Waals surface area contributed by atoms with E-state index in [0.29, 0.717) is 13.0 Å². The highest BCUT2D eigenvalue weighted by molar-refractivity contribution is 5.75. The minimum Gasteiger partial charge on any atom is -0.354 e. The molecule has 13 heavy (non-hydrogen) atoms. The van der Waals surface area contributed by atoms with Crippen LogP contribution >= 0.6 is 0 Å². The minimum absolute atomic E-state index is 0.0190. The predicted octanol–water partition coefficient (Wildman–Crippen LogP) is -0.412. The molecule has 1 heterocycles. The third-order valence-corrected chi connectivity index (χ3v) is 1.41. The lowest BCUT2D eigenvalue weighted by molar-refractivity contribution is -0.121. The van der Waals surface area contributed by atoms with E-state index in [-0.39, 0.29) is 11.9 Å². The summed E-state index contributed by atoms with van der Waals surface area (Å²) in [5.74, 6) is 0.0190. The molecule has 1 N–H and O–H groups in total. The van der Waals surface area contributed by atoms with Crippen LogP contribution in [-0.4, -0.2) is 32.2 Å². The number of amides is 1. The summed E-state index contributed by atoms with van der Waals surface area (Å²) < 4.78 is 1.53. The van der Waals surface area contributed by atoms with Crippen LogP contribution < -0.4 is 5.32 Å². The normalized spacial score (nSPS) is 10.4. The third kappa shape index (κ3) is 3.64. The standard InChI is InChI=1S/C7H13N5O/c1-6(2)9-7(13)3-4-12-5-8-10-11-12/h5-6H,3-4H2,1-2H3,(H,9,13). The SMILES string of the molecule is CC(C)NC(=O)CCn1cnnn1. The van der Waals surface area contributed by atoms with Gasteiger partial charge in [0.05, 0.1) is 6.54 Å². The Morgan fingerprint density at radius 3 is 2.92 bits per heavy atom. The molecule has 0 bridgehead atoms. The van der Waals surface area contributed by atoms with Gasteiger partial charge in [-0.25, -0.2) is 4.68 Å². The smallest absolute Gasteiger partial charge is 0.222 e. The number of nitrogens with zero attached hydrogens (tertiary/aromatic N) is 4. The van der Waals surface area contributed by atoms with E-state index in [9.17, 15) is 4.79 Å². The van der Waals surface area contributed by atoms with Crippen LogP contribution in [0.5, 0.6) is 0 Å². The molecule has 0 aliphatic heterocycles. The molecular formula is C7H13N5O. The van der Waals surface area contributed by atoms with Crippen molar-refractivity contribution in [3.8, 4) is 0 Å². The second-order valence-corrected chi connectivity index (χ2v) is 3.05. The van der Waals surface area contributed by atoms with Gasteiger partial charge in [-0.15, -0.1) is 5.10 Å². The molecule has 1 rings (SSSR count). The van der Waals surface area contributed by atoms with Crippen LogP contribution in [0.4, 0.5) is 0 Å². The first-order chi connectivity index (χ1) is 6.18. The molecule has 6 nitrogen and oxygen atoms in total. The van der Waals surface area contributed by atoms with Gasteiger partial charge in [0.15, 0.2) is 0 Å². The lowest BCUT2D eigenvalue weighted by Gasteiger charge is -2.07. The van der Waals surface area contributed by atoms with Gasteiger partial charge in [-0.2, -0.15) is 0 Å². The summed E-state index contributed by atoms with van der Waals surface area (Å²) >= 11 is 0. The maximum atomic E-state index is 11.2. The minimum atomic E-state index is 0.0190. The lowest BCUT2D eigenvalue weighted by Crippen LogP contribution is -2.30. The monoisotopic (exact) mass is 183 g/mol. The van der Waals surface area contributed by atoms with Gasteiger partial charge in [0.25, 0.3) is 0 Å². The molecule has 0 atom stereocenters. The van der Waals surface area contributed by atoms with E-state index in [4.69, 9.17) is 0 Å². The zero-order valence-electron chi connectivity index (χ0n) is 7.77. The summed E-state index contributed by atoms with van der Waals surface area (Å²) in [6.07, 6.45) is 1.89. The molecule has 0 aliphatic carbocycles. The Morgan fingerprint density at radius 2 is 2.38 bits per heavy atom. The molecule has 1 amide bonds.